The van der Waals surface area contributed by atoms with E-state index in [2.05, 4.69) is 48.1 Å². The van der Waals surface area contributed by atoms with Gasteiger partial charge in [-0.05, 0) is 37.0 Å². The van der Waals surface area contributed by atoms with Crippen LogP contribution in [0.3, 0.4) is 0 Å². The lowest BCUT2D eigenvalue weighted by Gasteiger charge is -2.45. The summed E-state index contributed by atoms with van der Waals surface area (Å²) >= 11 is 0. The summed E-state index contributed by atoms with van der Waals surface area (Å²) in [4.78, 5) is 33.5. The molecule has 7 heteroatoms. The van der Waals surface area contributed by atoms with E-state index < -0.39 is 12.0 Å². The highest BCUT2D eigenvalue weighted by atomic mass is 16.4. The molecule has 1 aromatic heterocycles. The van der Waals surface area contributed by atoms with Gasteiger partial charge in [0.15, 0.2) is 0 Å². The fourth-order valence-electron chi connectivity index (χ4n) is 4.11. The highest BCUT2D eigenvalue weighted by molar-refractivity contribution is 5.99. The highest BCUT2D eigenvalue weighted by Gasteiger charge is 2.36. The van der Waals surface area contributed by atoms with Crippen molar-refractivity contribution >= 4 is 17.7 Å². The third kappa shape index (κ3) is 6.29. The molecule has 0 radical (unpaired) electrons. The molecule has 1 aliphatic heterocycles. The fourth-order valence-corrected chi connectivity index (χ4v) is 4.11. The standard InChI is InChI=1S/C25H34N4O3/c1-18(2)11-13-27-24-22(10-7-12-26-24)25(32)29-15-19(3)28(17-21(29)14-23(30)31)16-20-8-5-4-6-9-20/h4-10,12,18-19,21H,11,13-17H2,1-3H3,(H,26,27)(H,30,31)/t19-,21?/m0/s1. The number of pyridine rings is 1. The van der Waals surface area contributed by atoms with Crippen molar-refractivity contribution in [1.82, 2.24) is 14.8 Å². The van der Waals surface area contributed by atoms with E-state index in [9.17, 15) is 14.7 Å². The van der Waals surface area contributed by atoms with Crippen molar-refractivity contribution in [1.29, 1.82) is 0 Å². The Morgan fingerprint density at radius 2 is 1.91 bits per heavy atom. The van der Waals surface area contributed by atoms with E-state index in [1.165, 1.54) is 5.56 Å². The van der Waals surface area contributed by atoms with Crippen molar-refractivity contribution in [3.63, 3.8) is 0 Å². The van der Waals surface area contributed by atoms with Crippen LogP contribution in [0.25, 0.3) is 0 Å². The molecule has 1 unspecified atom stereocenters. The third-order valence-corrected chi connectivity index (χ3v) is 5.92. The minimum Gasteiger partial charge on any atom is -0.481 e. The van der Waals surface area contributed by atoms with E-state index in [1.807, 2.05) is 18.2 Å². The Kier molecular flexibility index (Phi) is 8.22. The summed E-state index contributed by atoms with van der Waals surface area (Å²) in [5.41, 5.74) is 1.67. The first kappa shape index (κ1) is 23.7. The third-order valence-electron chi connectivity index (χ3n) is 5.92. The van der Waals surface area contributed by atoms with Crippen LogP contribution in [0, 0.1) is 5.92 Å². The molecular formula is C25H34N4O3. The topological polar surface area (TPSA) is 85.8 Å². The van der Waals surface area contributed by atoms with E-state index >= 15 is 0 Å². The van der Waals surface area contributed by atoms with Gasteiger partial charge in [0.25, 0.3) is 5.91 Å². The lowest BCUT2D eigenvalue weighted by Crippen LogP contribution is -2.59. The monoisotopic (exact) mass is 438 g/mol. The molecule has 1 fully saturated rings. The van der Waals surface area contributed by atoms with Gasteiger partial charge in [-0.15, -0.1) is 0 Å². The average molecular weight is 439 g/mol. The van der Waals surface area contributed by atoms with E-state index in [-0.39, 0.29) is 18.4 Å². The minimum absolute atomic E-state index is 0.0832. The summed E-state index contributed by atoms with van der Waals surface area (Å²) in [7, 11) is 0. The maximum absolute atomic E-state index is 13.6. The first-order valence-corrected chi connectivity index (χ1v) is 11.3. The predicted molar refractivity (Wildman–Crippen MR) is 126 cm³/mol. The molecule has 1 aromatic carbocycles. The van der Waals surface area contributed by atoms with Crippen LogP contribution in [0.4, 0.5) is 5.82 Å². The number of benzene rings is 1. The normalized spacial score (nSPS) is 19.2. The highest BCUT2D eigenvalue weighted by Crippen LogP contribution is 2.24. The molecule has 3 rings (SSSR count). The molecule has 1 aliphatic rings. The molecule has 2 atom stereocenters. The number of nitrogens with one attached hydrogen (secondary N) is 1. The molecule has 0 saturated carbocycles. The van der Waals surface area contributed by atoms with E-state index in [0.29, 0.717) is 30.4 Å². The summed E-state index contributed by atoms with van der Waals surface area (Å²) in [6.07, 6.45) is 2.56. The molecule has 1 saturated heterocycles. The SMILES string of the molecule is CC(C)CCNc1ncccc1C(=O)N1C[C@H](C)N(Cc2ccccc2)CC1CC(=O)O. The summed E-state index contributed by atoms with van der Waals surface area (Å²) in [6, 6.07) is 13.4. The van der Waals surface area contributed by atoms with Crippen LogP contribution >= 0.6 is 0 Å². The Bertz CT molecular complexity index is 903. The Balaban J connectivity index is 1.78. The Hall–Kier alpha value is -2.93. The number of carbonyl (C=O) groups excluding carboxylic acids is 1. The Morgan fingerprint density at radius 1 is 1.16 bits per heavy atom. The number of aliphatic carboxylic acids is 1. The fraction of sp³-hybridized carbons (Fsp3) is 0.480. The van der Waals surface area contributed by atoms with Gasteiger partial charge in [-0.25, -0.2) is 4.98 Å². The van der Waals surface area contributed by atoms with Gasteiger partial charge in [-0.2, -0.15) is 0 Å². The first-order valence-electron chi connectivity index (χ1n) is 11.3. The molecule has 7 nitrogen and oxygen atoms in total. The van der Waals surface area contributed by atoms with E-state index in [0.717, 1.165) is 19.5 Å². The molecule has 1 amide bonds. The van der Waals surface area contributed by atoms with Gasteiger partial charge in [0, 0.05) is 38.4 Å². The van der Waals surface area contributed by atoms with Gasteiger partial charge >= 0.3 is 5.97 Å². The second kappa shape index (κ2) is 11.1. The summed E-state index contributed by atoms with van der Waals surface area (Å²) < 4.78 is 0. The minimum atomic E-state index is -0.900. The molecule has 0 bridgehead atoms. The number of carboxylic acid groups (broad SMARTS) is 1. The maximum atomic E-state index is 13.6. The smallest absolute Gasteiger partial charge is 0.305 e. The quantitative estimate of drug-likeness (QED) is 0.621. The second-order valence-corrected chi connectivity index (χ2v) is 8.98. The number of carboxylic acids is 1. The Labute approximate surface area is 190 Å². The summed E-state index contributed by atoms with van der Waals surface area (Å²) in [5.74, 6) is 0.0431. The van der Waals surface area contributed by atoms with Crippen LogP contribution in [0.2, 0.25) is 0 Å². The molecule has 0 aliphatic carbocycles. The average Bonchev–Trinajstić information content (AvgIpc) is 2.76. The zero-order valence-corrected chi connectivity index (χ0v) is 19.2. The molecular weight excluding hydrogens is 404 g/mol. The van der Waals surface area contributed by atoms with E-state index in [1.54, 1.807) is 23.2 Å². The molecule has 2 heterocycles. The van der Waals surface area contributed by atoms with Crippen molar-refractivity contribution in [2.45, 2.75) is 52.2 Å². The van der Waals surface area contributed by atoms with Crippen LogP contribution < -0.4 is 5.32 Å². The number of aromatic nitrogens is 1. The maximum Gasteiger partial charge on any atom is 0.305 e. The largest absolute Gasteiger partial charge is 0.481 e. The number of piperazine rings is 1. The molecule has 172 valence electrons. The van der Waals surface area contributed by atoms with E-state index in [4.69, 9.17) is 0 Å². The predicted octanol–water partition coefficient (Wildman–Crippen LogP) is 3.73. The van der Waals surface area contributed by atoms with Crippen LogP contribution in [-0.4, -0.2) is 63.5 Å². The molecule has 2 aromatic rings. The Morgan fingerprint density at radius 3 is 2.59 bits per heavy atom. The number of amides is 1. The molecule has 32 heavy (non-hydrogen) atoms. The van der Waals surface area contributed by atoms with Gasteiger partial charge in [-0.1, -0.05) is 44.2 Å². The zero-order valence-electron chi connectivity index (χ0n) is 19.2. The number of hydrogen-bond acceptors (Lipinski definition) is 5. The first-order chi connectivity index (χ1) is 15.3. The molecule has 0 spiro atoms. The van der Waals surface area contributed by atoms with Crippen LogP contribution in [-0.2, 0) is 11.3 Å². The zero-order chi connectivity index (χ0) is 23.1. The van der Waals surface area contributed by atoms with Crippen LogP contribution in [0.5, 0.6) is 0 Å². The number of carbonyl (C=O) groups is 2. The van der Waals surface area contributed by atoms with Crippen LogP contribution in [0.1, 0.15) is 49.5 Å². The van der Waals surface area contributed by atoms with Gasteiger partial charge in [0.1, 0.15) is 5.82 Å². The summed E-state index contributed by atoms with van der Waals surface area (Å²) in [6.45, 7) is 8.85. The van der Waals surface area contributed by atoms with Crippen LogP contribution in [0.15, 0.2) is 48.7 Å². The van der Waals surface area contributed by atoms with Gasteiger partial charge < -0.3 is 15.3 Å². The van der Waals surface area contributed by atoms with Gasteiger partial charge in [0.05, 0.1) is 18.0 Å². The number of nitrogens with zero attached hydrogens (tertiary/aromatic N) is 3. The van der Waals surface area contributed by atoms with Crippen molar-refractivity contribution < 1.29 is 14.7 Å². The second-order valence-electron chi connectivity index (χ2n) is 8.98. The van der Waals surface area contributed by atoms with Crippen molar-refractivity contribution in [2.75, 3.05) is 25.0 Å². The van der Waals surface area contributed by atoms with Crippen molar-refractivity contribution in [3.05, 3.63) is 59.8 Å². The lowest BCUT2D eigenvalue weighted by atomic mass is 10.0. The van der Waals surface area contributed by atoms with Gasteiger partial charge in [-0.3, -0.25) is 14.5 Å². The lowest BCUT2D eigenvalue weighted by molar-refractivity contribution is -0.139. The molecule has 2 N–H and O–H groups in total. The van der Waals surface area contributed by atoms with Gasteiger partial charge in [0.2, 0.25) is 0 Å². The number of rotatable bonds is 9. The number of hydrogen-bond donors (Lipinski definition) is 2. The van der Waals surface area contributed by atoms with Crippen molar-refractivity contribution in [2.24, 2.45) is 5.92 Å². The number of anilines is 1. The van der Waals surface area contributed by atoms with Crippen molar-refractivity contribution in [3.8, 4) is 0 Å². The summed E-state index contributed by atoms with van der Waals surface area (Å²) in [5, 5.41) is 12.8.